The molecule has 0 fully saturated rings. The van der Waals surface area contributed by atoms with E-state index in [4.69, 9.17) is 4.74 Å². The molecule has 374 valence electrons. The molecule has 69 heavy (non-hydrogen) atoms. The number of rotatable bonds is 28. The van der Waals surface area contributed by atoms with E-state index in [-0.39, 0.29) is 36.0 Å². The first-order valence-corrected chi connectivity index (χ1v) is 24.4. The summed E-state index contributed by atoms with van der Waals surface area (Å²) in [6, 6.07) is 19.2. The fourth-order valence-electron chi connectivity index (χ4n) is 7.56. The molecule has 0 aliphatic carbocycles. The summed E-state index contributed by atoms with van der Waals surface area (Å²) < 4.78 is 6.00. The Morgan fingerprint density at radius 1 is 0.638 bits per heavy atom. The van der Waals surface area contributed by atoms with Crippen LogP contribution < -0.4 is 42.0 Å². The highest BCUT2D eigenvalue weighted by Gasteiger charge is 2.32. The third-order valence-corrected chi connectivity index (χ3v) is 11.7. The van der Waals surface area contributed by atoms with Crippen molar-refractivity contribution in [1.82, 2.24) is 36.9 Å². The first-order valence-electron chi connectivity index (χ1n) is 24.4. The molecule has 8 N–H and O–H groups in total. The molecule has 0 spiro atoms. The van der Waals surface area contributed by atoms with E-state index in [0.29, 0.717) is 67.9 Å². The van der Waals surface area contributed by atoms with Crippen molar-refractivity contribution in [3.63, 3.8) is 0 Å². The third kappa shape index (κ3) is 18.1. The fraction of sp³-hybridized carbons (Fsp3) is 0.491. The molecule has 1 heterocycles. The highest BCUT2D eigenvalue weighted by Crippen LogP contribution is 2.24. The number of para-hydroxylation sites is 1. The summed E-state index contributed by atoms with van der Waals surface area (Å²) >= 11 is 0. The largest absolute Gasteiger partial charge is 0.457 e. The summed E-state index contributed by atoms with van der Waals surface area (Å²) in [5.41, 5.74) is 2.46. The Hall–Kier alpha value is -6.55. The lowest BCUT2D eigenvalue weighted by molar-refractivity contribution is -0.129. The van der Waals surface area contributed by atoms with Crippen LogP contribution in [0.25, 0.3) is 10.9 Å². The number of aliphatic hydroxyl groups excluding tert-OH is 1. The van der Waals surface area contributed by atoms with Crippen molar-refractivity contribution >= 4 is 52.0 Å². The predicted octanol–water partition coefficient (Wildman–Crippen LogP) is 6.64. The number of amides is 6. The van der Waals surface area contributed by atoms with Crippen LogP contribution in [0, 0.1) is 17.8 Å². The lowest BCUT2D eigenvalue weighted by Gasteiger charge is -2.30. The molecule has 4 rings (SSSR count). The summed E-state index contributed by atoms with van der Waals surface area (Å²) in [6.45, 7) is 16.8. The molecule has 0 saturated heterocycles. The Balaban J connectivity index is 1.27. The Kier molecular flexibility index (Phi) is 22.4. The molecular weight excluding hydrogens is 877 g/mol. The Morgan fingerprint density at radius 3 is 1.86 bits per heavy atom. The van der Waals surface area contributed by atoms with E-state index in [9.17, 15) is 33.9 Å². The minimum atomic E-state index is -1.10. The number of ether oxygens (including phenoxy) is 1. The highest BCUT2D eigenvalue weighted by molar-refractivity contribution is 5.99. The van der Waals surface area contributed by atoms with E-state index in [1.165, 1.54) is 0 Å². The minimum Gasteiger partial charge on any atom is -0.457 e. The molecule has 16 nitrogen and oxygen atoms in total. The molecule has 0 radical (unpaired) electrons. The van der Waals surface area contributed by atoms with Crippen molar-refractivity contribution in [2.45, 2.75) is 131 Å². The molecule has 0 unspecified atom stereocenters. The first kappa shape index (κ1) is 55.0. The summed E-state index contributed by atoms with van der Waals surface area (Å²) in [4.78, 5) is 83.7. The molecule has 0 aliphatic heterocycles. The Morgan fingerprint density at radius 2 is 1.25 bits per heavy atom. The smallest absolute Gasteiger partial charge is 0.251 e. The Labute approximate surface area is 407 Å². The SMILES string of the molecule is CCCCNC(=O)C[C@H](O)[C@H](CC(C)C)NC(=O)[C@@H](NC(=O)c1ccc(Oc2ccc(C(=O)N[C@@H](CC(C)C)C(=O)N[C@@H](C)C(=O)NCCCNc3ccnc4ccccc34)cc2)cc1)[C@@H](C)CC. The topological polar surface area (TPSA) is 229 Å². The number of pyridine rings is 1. The second-order valence-corrected chi connectivity index (χ2v) is 18.5. The monoisotopic (exact) mass is 951 g/mol. The van der Waals surface area contributed by atoms with Crippen molar-refractivity contribution < 1.29 is 38.6 Å². The number of hydrogen-bond acceptors (Lipinski definition) is 10. The van der Waals surface area contributed by atoms with E-state index < -0.39 is 53.9 Å². The van der Waals surface area contributed by atoms with Crippen LogP contribution in [0.4, 0.5) is 5.69 Å². The molecule has 6 amide bonds. The van der Waals surface area contributed by atoms with Crippen LogP contribution in [-0.2, 0) is 19.2 Å². The summed E-state index contributed by atoms with van der Waals surface area (Å²) in [6.07, 6.45) is 4.32. The van der Waals surface area contributed by atoms with Gasteiger partial charge >= 0.3 is 0 Å². The van der Waals surface area contributed by atoms with Crippen LogP contribution in [0.15, 0.2) is 85.1 Å². The second-order valence-electron chi connectivity index (χ2n) is 18.5. The zero-order valence-electron chi connectivity index (χ0n) is 41.5. The molecule has 3 aromatic carbocycles. The van der Waals surface area contributed by atoms with Gasteiger partial charge in [0.15, 0.2) is 0 Å². The predicted molar refractivity (Wildman–Crippen MR) is 270 cm³/mol. The maximum atomic E-state index is 13.7. The van der Waals surface area contributed by atoms with Gasteiger partial charge in [-0.05, 0) is 111 Å². The third-order valence-electron chi connectivity index (χ3n) is 11.7. The minimum absolute atomic E-state index is 0.0679. The van der Waals surface area contributed by atoms with Gasteiger partial charge in [-0.25, -0.2) is 0 Å². The standard InChI is InChI=1S/C53H74N8O8/c1-9-11-26-56-47(63)32-46(62)44(30-33(3)4)59-53(68)48(35(7)10-2)61-51(66)38-19-23-40(24-20-38)69-39-21-17-37(18-22-39)50(65)60-45(31-34(5)6)52(67)58-36(8)49(64)57-28-14-27-54-43-25-29-55-42-16-13-12-15-41(42)43/h12-13,15-25,29,33-36,44-46,48,62H,9-11,14,26-28,30-32H2,1-8H3,(H,54,55)(H,56,63)(H,57,64)(H,58,67)(H,59,68)(H,60,65)(H,61,66)/t35-,36-,44-,45-,46-,48-/m0/s1. The normalized spacial score (nSPS) is 13.8. The summed E-state index contributed by atoms with van der Waals surface area (Å²) in [5.74, 6) is -1.65. The number of aliphatic hydroxyl groups is 1. The van der Waals surface area contributed by atoms with Crippen LogP contribution >= 0.6 is 0 Å². The summed E-state index contributed by atoms with van der Waals surface area (Å²) in [5, 5.41) is 32.5. The Bertz CT molecular complexity index is 2280. The van der Waals surface area contributed by atoms with E-state index in [1.807, 2.05) is 78.8 Å². The van der Waals surface area contributed by atoms with E-state index >= 15 is 0 Å². The number of carbonyl (C=O) groups is 6. The quantitative estimate of drug-likeness (QED) is 0.0283. The average Bonchev–Trinajstić information content (AvgIpc) is 3.32. The average molecular weight is 951 g/mol. The first-order chi connectivity index (χ1) is 33.0. The molecule has 6 atom stereocenters. The van der Waals surface area contributed by atoms with Crippen LogP contribution in [0.3, 0.4) is 0 Å². The number of benzene rings is 3. The van der Waals surface area contributed by atoms with Crippen molar-refractivity contribution in [3.8, 4) is 11.5 Å². The van der Waals surface area contributed by atoms with Gasteiger partial charge in [-0.3, -0.25) is 33.8 Å². The van der Waals surface area contributed by atoms with Gasteiger partial charge in [0, 0.05) is 48.0 Å². The van der Waals surface area contributed by atoms with Gasteiger partial charge in [0.25, 0.3) is 11.8 Å². The molecular formula is C53H74N8O8. The number of anilines is 1. The van der Waals surface area contributed by atoms with Gasteiger partial charge in [-0.1, -0.05) is 79.5 Å². The highest BCUT2D eigenvalue weighted by atomic mass is 16.5. The van der Waals surface area contributed by atoms with Gasteiger partial charge < -0.3 is 47.1 Å². The molecule has 0 bridgehead atoms. The van der Waals surface area contributed by atoms with Crippen LogP contribution in [0.2, 0.25) is 0 Å². The van der Waals surface area contributed by atoms with Gasteiger partial charge in [0.1, 0.15) is 29.6 Å². The van der Waals surface area contributed by atoms with E-state index in [2.05, 4.69) is 42.2 Å². The zero-order chi connectivity index (χ0) is 50.5. The molecule has 0 aliphatic rings. The fourth-order valence-corrected chi connectivity index (χ4v) is 7.56. The molecule has 16 heteroatoms. The molecule has 0 saturated carbocycles. The second kappa shape index (κ2) is 28.1. The number of aromatic nitrogens is 1. The maximum absolute atomic E-state index is 13.7. The van der Waals surface area contributed by atoms with Crippen molar-refractivity contribution in [1.29, 1.82) is 0 Å². The van der Waals surface area contributed by atoms with Gasteiger partial charge in [0.2, 0.25) is 23.6 Å². The zero-order valence-corrected chi connectivity index (χ0v) is 41.5. The molecule has 4 aromatic rings. The van der Waals surface area contributed by atoms with Crippen molar-refractivity contribution in [2.75, 3.05) is 25.0 Å². The van der Waals surface area contributed by atoms with Gasteiger partial charge in [-0.15, -0.1) is 0 Å². The lowest BCUT2D eigenvalue weighted by atomic mass is 9.94. The number of carbonyl (C=O) groups excluding carboxylic acids is 6. The summed E-state index contributed by atoms with van der Waals surface area (Å²) in [7, 11) is 0. The maximum Gasteiger partial charge on any atom is 0.251 e. The number of nitrogens with one attached hydrogen (secondary N) is 7. The number of fused-ring (bicyclic) bond motifs is 1. The van der Waals surface area contributed by atoms with Crippen LogP contribution in [0.1, 0.15) is 121 Å². The van der Waals surface area contributed by atoms with E-state index in [0.717, 1.165) is 29.4 Å². The lowest BCUT2D eigenvalue weighted by Crippen LogP contribution is -2.55. The van der Waals surface area contributed by atoms with Crippen LogP contribution in [0.5, 0.6) is 11.5 Å². The number of unbranched alkanes of at least 4 members (excludes halogenated alkanes) is 1. The van der Waals surface area contributed by atoms with Crippen molar-refractivity contribution in [3.05, 3.63) is 96.2 Å². The van der Waals surface area contributed by atoms with Gasteiger partial charge in [0.05, 0.1) is 24.1 Å². The number of nitrogens with zero attached hydrogens (tertiary/aromatic N) is 1. The molecule has 1 aromatic heterocycles. The van der Waals surface area contributed by atoms with Crippen LogP contribution in [-0.4, -0.2) is 95.4 Å². The number of hydrogen-bond donors (Lipinski definition) is 8. The van der Waals surface area contributed by atoms with E-state index in [1.54, 1.807) is 61.7 Å². The van der Waals surface area contributed by atoms with Gasteiger partial charge in [-0.2, -0.15) is 0 Å². The van der Waals surface area contributed by atoms with Crippen molar-refractivity contribution in [2.24, 2.45) is 17.8 Å².